The Balaban J connectivity index is 2.08. The number of esters is 1. The molecule has 0 saturated heterocycles. The SMILES string of the molecule is C=C/C=C\C1=C(C)N(C(=O)c2ccc(CNC(=O)NCC(=O)OC)c(C)c2)CCCC1. The zero-order chi connectivity index (χ0) is 22.8. The largest absolute Gasteiger partial charge is 0.468 e. The number of allylic oxidation sites excluding steroid dienone is 5. The predicted octanol–water partition coefficient (Wildman–Crippen LogP) is 3.61. The highest BCUT2D eigenvalue weighted by Gasteiger charge is 2.21. The van der Waals surface area contributed by atoms with Crippen molar-refractivity contribution in [3.05, 3.63) is 71.0 Å². The first-order valence-electron chi connectivity index (χ1n) is 10.4. The molecule has 7 heteroatoms. The van der Waals surface area contributed by atoms with Crippen LogP contribution >= 0.6 is 0 Å². The number of methoxy groups -OCH3 is 1. The molecule has 0 unspecified atom stereocenters. The van der Waals surface area contributed by atoms with Gasteiger partial charge in [0.2, 0.25) is 0 Å². The first-order valence-corrected chi connectivity index (χ1v) is 10.4. The summed E-state index contributed by atoms with van der Waals surface area (Å²) in [7, 11) is 1.26. The number of aryl methyl sites for hydroxylation is 1. The number of nitrogens with zero attached hydrogens (tertiary/aromatic N) is 1. The summed E-state index contributed by atoms with van der Waals surface area (Å²) in [5, 5.41) is 5.12. The van der Waals surface area contributed by atoms with Crippen LogP contribution in [0.1, 0.15) is 47.7 Å². The number of hydrogen-bond acceptors (Lipinski definition) is 4. The van der Waals surface area contributed by atoms with E-state index in [0.717, 1.165) is 41.7 Å². The molecule has 0 aromatic heterocycles. The van der Waals surface area contributed by atoms with Crippen molar-refractivity contribution in [2.75, 3.05) is 20.2 Å². The van der Waals surface area contributed by atoms with Crippen molar-refractivity contribution in [3.8, 4) is 0 Å². The second kappa shape index (κ2) is 11.7. The third-order valence-electron chi connectivity index (χ3n) is 5.28. The number of carbonyl (C=O) groups excluding carboxylic acids is 3. The van der Waals surface area contributed by atoms with Gasteiger partial charge in [-0.05, 0) is 61.9 Å². The maximum absolute atomic E-state index is 13.2. The summed E-state index contributed by atoms with van der Waals surface area (Å²) in [6.45, 7) is 8.40. The fraction of sp³-hybridized carbons (Fsp3) is 0.375. The van der Waals surface area contributed by atoms with E-state index in [9.17, 15) is 14.4 Å². The van der Waals surface area contributed by atoms with Crippen LogP contribution in [0.5, 0.6) is 0 Å². The van der Waals surface area contributed by atoms with Crippen LogP contribution in [0.3, 0.4) is 0 Å². The van der Waals surface area contributed by atoms with Crippen LogP contribution in [0.2, 0.25) is 0 Å². The number of rotatable bonds is 7. The fourth-order valence-corrected chi connectivity index (χ4v) is 3.40. The monoisotopic (exact) mass is 425 g/mol. The lowest BCUT2D eigenvalue weighted by molar-refractivity contribution is -0.139. The molecule has 2 N–H and O–H groups in total. The summed E-state index contributed by atoms with van der Waals surface area (Å²) in [5.41, 5.74) is 4.54. The van der Waals surface area contributed by atoms with Gasteiger partial charge in [-0.2, -0.15) is 0 Å². The number of carbonyl (C=O) groups is 3. The van der Waals surface area contributed by atoms with Crippen molar-refractivity contribution in [3.63, 3.8) is 0 Å². The topological polar surface area (TPSA) is 87.7 Å². The van der Waals surface area contributed by atoms with E-state index in [1.165, 1.54) is 7.11 Å². The molecule has 1 aromatic rings. The number of urea groups is 1. The number of hydrogen-bond donors (Lipinski definition) is 2. The van der Waals surface area contributed by atoms with Crippen molar-refractivity contribution >= 4 is 17.9 Å². The Morgan fingerprint density at radius 2 is 1.97 bits per heavy atom. The number of nitrogens with one attached hydrogen (secondary N) is 2. The fourth-order valence-electron chi connectivity index (χ4n) is 3.40. The summed E-state index contributed by atoms with van der Waals surface area (Å²) >= 11 is 0. The minimum absolute atomic E-state index is 0.0256. The Hall–Kier alpha value is -3.35. The standard InChI is InChI=1S/C24H31N3O4/c1-5-6-9-19-10-7-8-13-27(18(19)3)23(29)20-11-12-21(17(2)14-20)15-25-24(30)26-16-22(28)31-4/h5-6,9,11-12,14H,1,7-8,10,13,15-16H2,2-4H3,(H2,25,26,30)/b9-6-. The van der Waals surface area contributed by atoms with Gasteiger partial charge in [-0.25, -0.2) is 4.79 Å². The normalized spacial score (nSPS) is 14.2. The summed E-state index contributed by atoms with van der Waals surface area (Å²) in [6.07, 6.45) is 8.61. The van der Waals surface area contributed by atoms with Gasteiger partial charge >= 0.3 is 12.0 Å². The zero-order valence-electron chi connectivity index (χ0n) is 18.5. The Bertz CT molecular complexity index is 902. The lowest BCUT2D eigenvalue weighted by Gasteiger charge is -2.24. The van der Waals surface area contributed by atoms with E-state index in [2.05, 4.69) is 21.9 Å². The van der Waals surface area contributed by atoms with E-state index in [1.807, 2.05) is 43.0 Å². The molecule has 3 amide bonds. The van der Waals surface area contributed by atoms with Crippen LogP contribution in [-0.2, 0) is 16.1 Å². The maximum Gasteiger partial charge on any atom is 0.325 e. The van der Waals surface area contributed by atoms with Gasteiger partial charge in [0.15, 0.2) is 0 Å². The third kappa shape index (κ3) is 6.84. The lowest BCUT2D eigenvalue weighted by atomic mass is 10.0. The summed E-state index contributed by atoms with van der Waals surface area (Å²) in [5.74, 6) is -0.544. The molecule has 0 spiro atoms. The molecule has 0 atom stereocenters. The lowest BCUT2D eigenvalue weighted by Crippen LogP contribution is -2.38. The van der Waals surface area contributed by atoms with Gasteiger partial charge in [0.05, 0.1) is 7.11 Å². The van der Waals surface area contributed by atoms with Crippen LogP contribution in [0.4, 0.5) is 4.79 Å². The molecule has 0 aliphatic carbocycles. The predicted molar refractivity (Wildman–Crippen MR) is 120 cm³/mol. The Labute approximate surface area is 183 Å². The molecule has 166 valence electrons. The smallest absolute Gasteiger partial charge is 0.325 e. The van der Waals surface area contributed by atoms with Crippen LogP contribution in [0, 0.1) is 6.92 Å². The molecule has 1 aromatic carbocycles. The van der Waals surface area contributed by atoms with Gasteiger partial charge in [-0.1, -0.05) is 30.9 Å². The van der Waals surface area contributed by atoms with Gasteiger partial charge in [0.1, 0.15) is 6.54 Å². The van der Waals surface area contributed by atoms with Gasteiger partial charge in [0.25, 0.3) is 5.91 Å². The van der Waals surface area contributed by atoms with Crippen molar-refractivity contribution in [1.29, 1.82) is 0 Å². The number of benzene rings is 1. The number of ether oxygens (including phenoxy) is 1. The van der Waals surface area contributed by atoms with Crippen molar-refractivity contribution in [1.82, 2.24) is 15.5 Å². The van der Waals surface area contributed by atoms with E-state index in [4.69, 9.17) is 0 Å². The highest BCUT2D eigenvalue weighted by atomic mass is 16.5. The van der Waals surface area contributed by atoms with Gasteiger partial charge < -0.3 is 20.3 Å². The summed E-state index contributed by atoms with van der Waals surface area (Å²) < 4.78 is 4.48. The molecule has 1 aliphatic heterocycles. The van der Waals surface area contributed by atoms with Gasteiger partial charge in [-0.3, -0.25) is 9.59 Å². The molecular weight excluding hydrogens is 394 g/mol. The Morgan fingerprint density at radius 3 is 2.65 bits per heavy atom. The van der Waals surface area contributed by atoms with E-state index >= 15 is 0 Å². The summed E-state index contributed by atoms with van der Waals surface area (Å²) in [4.78, 5) is 37.9. The third-order valence-corrected chi connectivity index (χ3v) is 5.28. The second-order valence-corrected chi connectivity index (χ2v) is 7.37. The van der Waals surface area contributed by atoms with E-state index in [0.29, 0.717) is 12.1 Å². The average molecular weight is 426 g/mol. The van der Waals surface area contributed by atoms with Crippen LogP contribution in [0.25, 0.3) is 0 Å². The first kappa shape index (κ1) is 23.9. The van der Waals surface area contributed by atoms with Crippen molar-refractivity contribution in [2.24, 2.45) is 0 Å². The quantitative estimate of drug-likeness (QED) is 0.516. The van der Waals surface area contributed by atoms with E-state index in [-0.39, 0.29) is 19.0 Å². The van der Waals surface area contributed by atoms with Crippen molar-refractivity contribution < 1.29 is 19.1 Å². The summed E-state index contributed by atoms with van der Waals surface area (Å²) in [6, 6.07) is 5.02. The van der Waals surface area contributed by atoms with Gasteiger partial charge in [0, 0.05) is 24.4 Å². The Morgan fingerprint density at radius 1 is 1.19 bits per heavy atom. The highest BCUT2D eigenvalue weighted by molar-refractivity contribution is 5.95. The highest BCUT2D eigenvalue weighted by Crippen LogP contribution is 2.25. The Kier molecular flexibility index (Phi) is 9.06. The molecule has 31 heavy (non-hydrogen) atoms. The maximum atomic E-state index is 13.2. The zero-order valence-corrected chi connectivity index (χ0v) is 18.5. The average Bonchev–Trinajstić information content (AvgIpc) is 2.95. The molecule has 0 radical (unpaired) electrons. The molecule has 0 bridgehead atoms. The molecule has 2 rings (SSSR count). The molecule has 1 aliphatic rings. The molecule has 7 nitrogen and oxygen atoms in total. The molecule has 1 heterocycles. The van der Waals surface area contributed by atoms with Crippen LogP contribution in [0.15, 0.2) is 54.3 Å². The molecule has 0 saturated carbocycles. The minimum Gasteiger partial charge on any atom is -0.468 e. The van der Waals surface area contributed by atoms with Crippen LogP contribution in [-0.4, -0.2) is 43.0 Å². The van der Waals surface area contributed by atoms with Crippen LogP contribution < -0.4 is 10.6 Å². The van der Waals surface area contributed by atoms with Crippen molar-refractivity contribution in [2.45, 2.75) is 39.7 Å². The second-order valence-electron chi connectivity index (χ2n) is 7.37. The first-order chi connectivity index (χ1) is 14.9. The molecule has 0 fully saturated rings. The van der Waals surface area contributed by atoms with E-state index < -0.39 is 12.0 Å². The number of amides is 3. The minimum atomic E-state index is -0.518. The van der Waals surface area contributed by atoms with E-state index in [1.54, 1.807) is 12.1 Å². The molecular formula is C24H31N3O4. The van der Waals surface area contributed by atoms with Gasteiger partial charge in [-0.15, -0.1) is 0 Å².